The second-order valence-electron chi connectivity index (χ2n) is 4.08. The van der Waals surface area contributed by atoms with Crippen molar-refractivity contribution in [3.05, 3.63) is 50.5 Å². The highest BCUT2D eigenvalue weighted by molar-refractivity contribution is 7.13. The van der Waals surface area contributed by atoms with Crippen molar-refractivity contribution in [2.45, 2.75) is 6.04 Å². The number of carbonyl (C=O) groups is 1. The van der Waals surface area contributed by atoms with Crippen LogP contribution in [0.4, 0.5) is 0 Å². The number of hydrogen-bond donors (Lipinski definition) is 0. The molecule has 3 aromatic rings. The van der Waals surface area contributed by atoms with E-state index in [9.17, 15) is 9.59 Å². The maximum absolute atomic E-state index is 12.0. The third kappa shape index (κ3) is 2.55. The molecular weight excluding hydrogens is 312 g/mol. The minimum Gasteiger partial charge on any atom is -0.467 e. The summed E-state index contributed by atoms with van der Waals surface area (Å²) in [4.78, 5) is 24.8. The third-order valence-electron chi connectivity index (χ3n) is 2.83. The maximum Gasteiger partial charge on any atom is 0.438 e. The molecule has 0 aliphatic carbocycles. The van der Waals surface area contributed by atoms with Gasteiger partial charge >= 0.3 is 11.7 Å². The van der Waals surface area contributed by atoms with E-state index in [1.54, 1.807) is 17.5 Å². The van der Waals surface area contributed by atoms with Crippen LogP contribution in [0.25, 0.3) is 10.8 Å². The molecule has 0 amide bonds. The Morgan fingerprint density at radius 1 is 1.43 bits per heavy atom. The van der Waals surface area contributed by atoms with E-state index in [1.807, 2.05) is 16.8 Å². The first-order valence-corrected chi connectivity index (χ1v) is 7.76. The van der Waals surface area contributed by atoms with Crippen molar-refractivity contribution in [1.82, 2.24) is 9.78 Å². The molecule has 1 atom stereocenters. The van der Waals surface area contributed by atoms with Gasteiger partial charge in [0.1, 0.15) is 0 Å². The molecule has 0 aromatic carbocycles. The zero-order valence-corrected chi connectivity index (χ0v) is 12.5. The van der Waals surface area contributed by atoms with Gasteiger partial charge in [-0.2, -0.15) is 16.0 Å². The lowest BCUT2D eigenvalue weighted by atomic mass is 10.1. The average Bonchev–Trinajstić information content (AvgIpc) is 3.20. The molecule has 0 unspecified atom stereocenters. The van der Waals surface area contributed by atoms with Crippen LogP contribution in [-0.4, -0.2) is 22.9 Å². The second kappa shape index (κ2) is 5.66. The molecule has 0 bridgehead atoms. The number of thiophene rings is 2. The Bertz CT molecular complexity index is 787. The molecule has 0 aliphatic rings. The summed E-state index contributed by atoms with van der Waals surface area (Å²) in [6.07, 6.45) is 0. The van der Waals surface area contributed by atoms with Gasteiger partial charge in [-0.25, -0.2) is 9.59 Å². The van der Waals surface area contributed by atoms with Crippen molar-refractivity contribution < 1.29 is 13.9 Å². The lowest BCUT2D eigenvalue weighted by Crippen LogP contribution is -2.29. The molecule has 6 nitrogen and oxygen atoms in total. The first kappa shape index (κ1) is 13.8. The summed E-state index contributed by atoms with van der Waals surface area (Å²) in [5.74, 6) is -1.07. The number of methoxy groups -OCH3 is 1. The Hall–Kier alpha value is -2.19. The van der Waals surface area contributed by atoms with Gasteiger partial charge in [-0.3, -0.25) is 0 Å². The molecule has 3 rings (SSSR count). The van der Waals surface area contributed by atoms with Crippen molar-refractivity contribution in [3.8, 4) is 10.8 Å². The highest BCUT2D eigenvalue weighted by Gasteiger charge is 2.29. The topological polar surface area (TPSA) is 74.3 Å². The summed E-state index contributed by atoms with van der Waals surface area (Å²) < 4.78 is 10.9. The number of hydrogen-bond acceptors (Lipinski definition) is 7. The van der Waals surface area contributed by atoms with E-state index in [4.69, 9.17) is 9.15 Å². The number of rotatable bonds is 4. The van der Waals surface area contributed by atoms with Crippen molar-refractivity contribution >= 4 is 28.6 Å². The van der Waals surface area contributed by atoms with Crippen molar-refractivity contribution in [1.29, 1.82) is 0 Å². The van der Waals surface area contributed by atoms with Gasteiger partial charge in [0, 0.05) is 0 Å². The van der Waals surface area contributed by atoms with Crippen LogP contribution in [0.1, 0.15) is 11.6 Å². The van der Waals surface area contributed by atoms with Gasteiger partial charge in [-0.1, -0.05) is 6.07 Å². The molecule has 21 heavy (non-hydrogen) atoms. The first-order valence-electron chi connectivity index (χ1n) is 5.94. The molecule has 0 saturated carbocycles. The smallest absolute Gasteiger partial charge is 0.438 e. The standard InChI is InChI=1S/C13H10N2O4S2/c1-18-12(16)10(8-4-6-20-7-8)15-13(17)19-11(14-15)9-3-2-5-21-9/h2-7,10H,1H3/t10-/m0/s1. The van der Waals surface area contributed by atoms with E-state index in [2.05, 4.69) is 5.10 Å². The van der Waals surface area contributed by atoms with Crippen LogP contribution in [0.15, 0.2) is 43.6 Å². The van der Waals surface area contributed by atoms with E-state index in [1.165, 1.54) is 29.8 Å². The van der Waals surface area contributed by atoms with Crippen LogP contribution >= 0.6 is 22.7 Å². The quantitative estimate of drug-likeness (QED) is 0.690. The third-order valence-corrected chi connectivity index (χ3v) is 4.39. The van der Waals surface area contributed by atoms with E-state index < -0.39 is 17.8 Å². The van der Waals surface area contributed by atoms with E-state index in [0.717, 1.165) is 9.56 Å². The Balaban J connectivity index is 2.08. The lowest BCUT2D eigenvalue weighted by molar-refractivity contribution is -0.143. The predicted octanol–water partition coefficient (Wildman–Crippen LogP) is 2.39. The summed E-state index contributed by atoms with van der Waals surface area (Å²) in [6, 6.07) is 4.43. The number of esters is 1. The summed E-state index contributed by atoms with van der Waals surface area (Å²) in [5, 5.41) is 9.57. The number of carbonyl (C=O) groups excluding carboxylic acids is 1. The molecule has 108 valence electrons. The minimum atomic E-state index is -0.939. The van der Waals surface area contributed by atoms with E-state index >= 15 is 0 Å². The zero-order valence-electron chi connectivity index (χ0n) is 10.9. The lowest BCUT2D eigenvalue weighted by Gasteiger charge is -2.11. The second-order valence-corrected chi connectivity index (χ2v) is 5.81. The number of aromatic nitrogens is 2. The van der Waals surface area contributed by atoms with E-state index in [-0.39, 0.29) is 5.89 Å². The molecule has 0 spiro atoms. The fraction of sp³-hybridized carbons (Fsp3) is 0.154. The van der Waals surface area contributed by atoms with Gasteiger partial charge in [-0.15, -0.1) is 16.4 Å². The number of ether oxygens (including phenoxy) is 1. The Kier molecular flexibility index (Phi) is 3.72. The van der Waals surface area contributed by atoms with Crippen LogP contribution < -0.4 is 5.76 Å². The molecule has 3 heterocycles. The molecule has 0 N–H and O–H groups in total. The Morgan fingerprint density at radius 3 is 2.90 bits per heavy atom. The molecule has 0 saturated heterocycles. The van der Waals surface area contributed by atoms with E-state index in [0.29, 0.717) is 5.56 Å². The number of nitrogens with zero attached hydrogens (tertiary/aromatic N) is 2. The monoisotopic (exact) mass is 322 g/mol. The summed E-state index contributed by atoms with van der Waals surface area (Å²) in [6.45, 7) is 0. The van der Waals surface area contributed by atoms with Gasteiger partial charge in [0.15, 0.2) is 6.04 Å². The SMILES string of the molecule is COC(=O)[C@H](c1ccsc1)n1nc(-c2cccs2)oc1=O. The van der Waals surface area contributed by atoms with Gasteiger partial charge in [-0.05, 0) is 33.8 Å². The molecular formula is C13H10N2O4S2. The summed E-state index contributed by atoms with van der Waals surface area (Å²) >= 11 is 2.82. The molecule has 3 aromatic heterocycles. The Labute approximate surface area is 127 Å². The first-order chi connectivity index (χ1) is 10.2. The predicted molar refractivity (Wildman–Crippen MR) is 78.6 cm³/mol. The molecule has 0 radical (unpaired) electrons. The van der Waals surface area contributed by atoms with Crippen LogP contribution in [0.5, 0.6) is 0 Å². The normalized spacial score (nSPS) is 12.2. The largest absolute Gasteiger partial charge is 0.467 e. The maximum atomic E-state index is 12.0. The minimum absolute atomic E-state index is 0.194. The van der Waals surface area contributed by atoms with Crippen LogP contribution in [0.2, 0.25) is 0 Å². The van der Waals surface area contributed by atoms with Gasteiger partial charge < -0.3 is 9.15 Å². The van der Waals surface area contributed by atoms with Crippen LogP contribution in [0, 0.1) is 0 Å². The van der Waals surface area contributed by atoms with Crippen molar-refractivity contribution in [2.24, 2.45) is 0 Å². The summed E-state index contributed by atoms with van der Waals surface area (Å²) in [5.41, 5.74) is 0.639. The highest BCUT2D eigenvalue weighted by Crippen LogP contribution is 2.25. The van der Waals surface area contributed by atoms with Gasteiger partial charge in [0.2, 0.25) is 0 Å². The average molecular weight is 322 g/mol. The molecule has 0 fully saturated rings. The zero-order chi connectivity index (χ0) is 14.8. The molecule has 8 heteroatoms. The fourth-order valence-electron chi connectivity index (χ4n) is 1.87. The highest BCUT2D eigenvalue weighted by atomic mass is 32.1. The van der Waals surface area contributed by atoms with Crippen LogP contribution in [0.3, 0.4) is 0 Å². The van der Waals surface area contributed by atoms with Gasteiger partial charge in [0.05, 0.1) is 12.0 Å². The Morgan fingerprint density at radius 2 is 2.29 bits per heavy atom. The van der Waals surface area contributed by atoms with Crippen LogP contribution in [-0.2, 0) is 9.53 Å². The fourth-order valence-corrected chi connectivity index (χ4v) is 3.19. The van der Waals surface area contributed by atoms with Crippen molar-refractivity contribution in [2.75, 3.05) is 7.11 Å². The molecule has 0 aliphatic heterocycles. The summed E-state index contributed by atoms with van der Waals surface area (Å²) in [7, 11) is 1.27. The van der Waals surface area contributed by atoms with Gasteiger partial charge in [0.25, 0.3) is 5.89 Å². The van der Waals surface area contributed by atoms with Crippen molar-refractivity contribution in [3.63, 3.8) is 0 Å².